The van der Waals surface area contributed by atoms with Crippen LogP contribution in [0, 0.1) is 17.3 Å². The SMILES string of the molecule is CCCNC(CC1CCCCC1)C1CCCCC1(C)C. The van der Waals surface area contributed by atoms with Gasteiger partial charge in [-0.2, -0.15) is 0 Å². The molecule has 2 aliphatic rings. The van der Waals surface area contributed by atoms with Crippen molar-refractivity contribution in [3.8, 4) is 0 Å². The van der Waals surface area contributed by atoms with Gasteiger partial charge in [0, 0.05) is 6.04 Å². The minimum absolute atomic E-state index is 0.554. The van der Waals surface area contributed by atoms with Gasteiger partial charge in [0.25, 0.3) is 0 Å². The molecule has 0 bridgehead atoms. The van der Waals surface area contributed by atoms with Gasteiger partial charge in [0.2, 0.25) is 0 Å². The van der Waals surface area contributed by atoms with E-state index in [1.165, 1.54) is 77.2 Å². The van der Waals surface area contributed by atoms with Crippen molar-refractivity contribution in [2.24, 2.45) is 17.3 Å². The highest BCUT2D eigenvalue weighted by atomic mass is 14.9. The van der Waals surface area contributed by atoms with Crippen LogP contribution in [0.4, 0.5) is 0 Å². The van der Waals surface area contributed by atoms with Crippen molar-refractivity contribution in [1.82, 2.24) is 5.32 Å². The Labute approximate surface area is 127 Å². The largest absolute Gasteiger partial charge is 0.314 e. The minimum atomic E-state index is 0.554. The van der Waals surface area contributed by atoms with Crippen molar-refractivity contribution in [3.05, 3.63) is 0 Å². The topological polar surface area (TPSA) is 12.0 Å². The van der Waals surface area contributed by atoms with E-state index in [1.54, 1.807) is 0 Å². The van der Waals surface area contributed by atoms with Crippen molar-refractivity contribution in [1.29, 1.82) is 0 Å². The summed E-state index contributed by atoms with van der Waals surface area (Å²) in [4.78, 5) is 0. The zero-order valence-corrected chi connectivity index (χ0v) is 14.2. The predicted molar refractivity (Wildman–Crippen MR) is 89.0 cm³/mol. The Morgan fingerprint density at radius 2 is 1.70 bits per heavy atom. The molecular weight excluding hydrogens is 242 g/mol. The second-order valence-electron chi connectivity index (χ2n) is 8.14. The Morgan fingerprint density at radius 1 is 1.00 bits per heavy atom. The van der Waals surface area contributed by atoms with Gasteiger partial charge >= 0.3 is 0 Å². The lowest BCUT2D eigenvalue weighted by Gasteiger charge is -2.45. The molecule has 20 heavy (non-hydrogen) atoms. The van der Waals surface area contributed by atoms with Gasteiger partial charge in [-0.1, -0.05) is 65.7 Å². The van der Waals surface area contributed by atoms with Gasteiger partial charge in [0.05, 0.1) is 0 Å². The molecule has 0 spiro atoms. The van der Waals surface area contributed by atoms with Crippen molar-refractivity contribution >= 4 is 0 Å². The van der Waals surface area contributed by atoms with E-state index < -0.39 is 0 Å². The van der Waals surface area contributed by atoms with E-state index in [1.807, 2.05) is 0 Å². The molecule has 2 unspecified atom stereocenters. The molecule has 2 rings (SSSR count). The van der Waals surface area contributed by atoms with Crippen LogP contribution in [0.2, 0.25) is 0 Å². The van der Waals surface area contributed by atoms with E-state index in [0.29, 0.717) is 5.41 Å². The van der Waals surface area contributed by atoms with Crippen LogP contribution < -0.4 is 5.32 Å². The van der Waals surface area contributed by atoms with Gasteiger partial charge in [-0.05, 0) is 49.5 Å². The summed E-state index contributed by atoms with van der Waals surface area (Å²) in [6.45, 7) is 8.57. The third-order valence-electron chi connectivity index (χ3n) is 6.04. The summed E-state index contributed by atoms with van der Waals surface area (Å²) in [7, 11) is 0. The summed E-state index contributed by atoms with van der Waals surface area (Å²) in [5.41, 5.74) is 0.554. The van der Waals surface area contributed by atoms with Gasteiger partial charge in [0.1, 0.15) is 0 Å². The van der Waals surface area contributed by atoms with Crippen LogP contribution in [0.1, 0.15) is 91.4 Å². The van der Waals surface area contributed by atoms with Gasteiger partial charge in [-0.15, -0.1) is 0 Å². The van der Waals surface area contributed by atoms with E-state index in [2.05, 4.69) is 26.1 Å². The average molecular weight is 280 g/mol. The Morgan fingerprint density at radius 3 is 2.35 bits per heavy atom. The van der Waals surface area contributed by atoms with Crippen LogP contribution in [0.15, 0.2) is 0 Å². The number of rotatable bonds is 6. The smallest absolute Gasteiger partial charge is 0.0103 e. The standard InChI is InChI=1S/C19H37N/c1-4-14-20-18(15-16-10-6-5-7-11-16)17-12-8-9-13-19(17,2)3/h16-18,20H,4-15H2,1-3H3. The van der Waals surface area contributed by atoms with E-state index in [0.717, 1.165) is 17.9 Å². The first-order valence-corrected chi connectivity index (χ1v) is 9.37. The number of nitrogens with one attached hydrogen (secondary N) is 1. The van der Waals surface area contributed by atoms with Gasteiger partial charge < -0.3 is 5.32 Å². The summed E-state index contributed by atoms with van der Waals surface area (Å²) in [5.74, 6) is 1.92. The lowest BCUT2D eigenvalue weighted by atomic mass is 9.64. The fourth-order valence-electron chi connectivity index (χ4n) is 4.77. The van der Waals surface area contributed by atoms with Crippen molar-refractivity contribution < 1.29 is 0 Å². The average Bonchev–Trinajstić information content (AvgIpc) is 2.44. The van der Waals surface area contributed by atoms with E-state index in [-0.39, 0.29) is 0 Å². The maximum atomic E-state index is 3.94. The molecule has 1 nitrogen and oxygen atoms in total. The number of hydrogen-bond acceptors (Lipinski definition) is 1. The highest BCUT2D eigenvalue weighted by Crippen LogP contribution is 2.44. The summed E-state index contributed by atoms with van der Waals surface area (Å²) in [6, 6.07) is 0.786. The lowest BCUT2D eigenvalue weighted by Crippen LogP contribution is -2.46. The highest BCUT2D eigenvalue weighted by Gasteiger charge is 2.38. The minimum Gasteiger partial charge on any atom is -0.314 e. The predicted octanol–water partition coefficient (Wildman–Crippen LogP) is 5.54. The van der Waals surface area contributed by atoms with Crippen LogP contribution in [-0.4, -0.2) is 12.6 Å². The quantitative estimate of drug-likeness (QED) is 0.673. The third-order valence-corrected chi connectivity index (χ3v) is 6.04. The third kappa shape index (κ3) is 4.48. The van der Waals surface area contributed by atoms with Gasteiger partial charge in [0.15, 0.2) is 0 Å². The number of hydrogen-bond donors (Lipinski definition) is 1. The molecule has 2 aliphatic carbocycles. The fraction of sp³-hybridized carbons (Fsp3) is 1.00. The highest BCUT2D eigenvalue weighted by molar-refractivity contribution is 4.91. The van der Waals surface area contributed by atoms with Crippen molar-refractivity contribution in [2.75, 3.05) is 6.54 Å². The Balaban J connectivity index is 1.97. The second kappa shape index (κ2) is 7.82. The van der Waals surface area contributed by atoms with Gasteiger partial charge in [-0.25, -0.2) is 0 Å². The molecule has 0 radical (unpaired) electrons. The normalized spacial score (nSPS) is 29.2. The lowest BCUT2D eigenvalue weighted by molar-refractivity contribution is 0.0838. The van der Waals surface area contributed by atoms with E-state index in [4.69, 9.17) is 0 Å². The van der Waals surface area contributed by atoms with Crippen molar-refractivity contribution in [2.45, 2.75) is 97.4 Å². The molecule has 2 fully saturated rings. The molecule has 0 amide bonds. The fourth-order valence-corrected chi connectivity index (χ4v) is 4.77. The molecule has 2 atom stereocenters. The molecule has 1 N–H and O–H groups in total. The second-order valence-corrected chi connectivity index (χ2v) is 8.14. The van der Waals surface area contributed by atoms with Crippen LogP contribution in [-0.2, 0) is 0 Å². The zero-order valence-electron chi connectivity index (χ0n) is 14.2. The molecule has 0 aromatic carbocycles. The molecule has 0 heterocycles. The Hall–Kier alpha value is -0.0400. The van der Waals surface area contributed by atoms with Crippen molar-refractivity contribution in [3.63, 3.8) is 0 Å². The maximum absolute atomic E-state index is 3.94. The first kappa shape index (κ1) is 16.3. The molecule has 0 aliphatic heterocycles. The van der Waals surface area contributed by atoms with E-state index in [9.17, 15) is 0 Å². The summed E-state index contributed by atoms with van der Waals surface area (Å²) < 4.78 is 0. The molecule has 0 aromatic rings. The van der Waals surface area contributed by atoms with Crippen LogP contribution in [0.3, 0.4) is 0 Å². The summed E-state index contributed by atoms with van der Waals surface area (Å²) in [6.07, 6.45) is 16.0. The van der Waals surface area contributed by atoms with Crippen LogP contribution >= 0.6 is 0 Å². The van der Waals surface area contributed by atoms with Crippen LogP contribution in [0.25, 0.3) is 0 Å². The maximum Gasteiger partial charge on any atom is 0.0103 e. The molecule has 0 aromatic heterocycles. The molecule has 0 saturated heterocycles. The van der Waals surface area contributed by atoms with E-state index >= 15 is 0 Å². The molecular formula is C19H37N. The molecule has 2 saturated carbocycles. The van der Waals surface area contributed by atoms with Crippen LogP contribution in [0.5, 0.6) is 0 Å². The molecule has 1 heteroatoms. The zero-order chi connectivity index (χ0) is 14.4. The first-order chi connectivity index (χ1) is 9.63. The Kier molecular flexibility index (Phi) is 6.39. The first-order valence-electron chi connectivity index (χ1n) is 9.37. The van der Waals surface area contributed by atoms with Gasteiger partial charge in [-0.3, -0.25) is 0 Å². The molecule has 118 valence electrons. The Bertz CT molecular complexity index is 265. The summed E-state index contributed by atoms with van der Waals surface area (Å²) >= 11 is 0. The summed E-state index contributed by atoms with van der Waals surface area (Å²) in [5, 5.41) is 3.94. The monoisotopic (exact) mass is 279 g/mol.